The Morgan fingerprint density at radius 1 is 1.45 bits per heavy atom. The first-order valence-electron chi connectivity index (χ1n) is 8.03. The van der Waals surface area contributed by atoms with E-state index < -0.39 is 0 Å². The molecule has 2 N–H and O–H groups in total. The highest BCUT2D eigenvalue weighted by Gasteiger charge is 2.18. The van der Waals surface area contributed by atoms with Crippen LogP contribution in [0.2, 0.25) is 0 Å². The zero-order valence-electron chi connectivity index (χ0n) is 12.6. The molecule has 1 unspecified atom stereocenters. The predicted molar refractivity (Wildman–Crippen MR) is 80.6 cm³/mol. The average Bonchev–Trinajstić information content (AvgIpc) is 2.94. The molecule has 0 saturated heterocycles. The summed E-state index contributed by atoms with van der Waals surface area (Å²) in [5.74, 6) is 0.118. The molecule has 0 amide bonds. The molecule has 0 spiro atoms. The minimum Gasteiger partial charge on any atom is -0.321 e. The lowest BCUT2D eigenvalue weighted by atomic mass is 9.96. The zero-order chi connectivity index (χ0) is 14.4. The Morgan fingerprint density at radius 3 is 2.90 bits per heavy atom. The number of unbranched alkanes of at least 4 members (excludes halogenated alkanes) is 1. The van der Waals surface area contributed by atoms with E-state index in [9.17, 15) is 4.79 Å². The first kappa shape index (κ1) is 15.2. The van der Waals surface area contributed by atoms with E-state index in [-0.39, 0.29) is 11.8 Å². The number of carbonyl (C=O) groups is 1. The van der Waals surface area contributed by atoms with E-state index in [1.54, 1.807) is 0 Å². The summed E-state index contributed by atoms with van der Waals surface area (Å²) in [6.07, 6.45) is 11.6. The molecule has 2 rings (SSSR count). The van der Waals surface area contributed by atoms with E-state index in [2.05, 4.69) is 16.7 Å². The molecular weight excluding hydrogens is 250 g/mol. The van der Waals surface area contributed by atoms with Crippen molar-refractivity contribution in [2.45, 2.75) is 76.8 Å². The van der Waals surface area contributed by atoms with Gasteiger partial charge < -0.3 is 5.73 Å². The van der Waals surface area contributed by atoms with E-state index in [4.69, 9.17) is 5.73 Å². The molecular formula is C16H27N3O. The molecule has 0 bridgehead atoms. The van der Waals surface area contributed by atoms with Gasteiger partial charge in [-0.3, -0.25) is 9.48 Å². The molecule has 1 atom stereocenters. The van der Waals surface area contributed by atoms with Gasteiger partial charge in [0, 0.05) is 6.20 Å². The lowest BCUT2D eigenvalue weighted by Crippen LogP contribution is -2.31. The third kappa shape index (κ3) is 4.17. The van der Waals surface area contributed by atoms with Crippen LogP contribution >= 0.6 is 0 Å². The van der Waals surface area contributed by atoms with Crippen LogP contribution in [0.15, 0.2) is 12.3 Å². The molecule has 0 radical (unpaired) electrons. The van der Waals surface area contributed by atoms with Gasteiger partial charge in [0.25, 0.3) is 0 Å². The summed E-state index contributed by atoms with van der Waals surface area (Å²) in [7, 11) is 0. The SMILES string of the molecule is CCCCC(N)C(=O)Cc1ccn(C2CCCCC2)n1. The molecule has 112 valence electrons. The van der Waals surface area contributed by atoms with E-state index in [0.717, 1.165) is 25.0 Å². The minimum atomic E-state index is -0.324. The Kier molecular flexibility index (Phi) is 5.77. The summed E-state index contributed by atoms with van der Waals surface area (Å²) in [6.45, 7) is 2.11. The smallest absolute Gasteiger partial charge is 0.155 e. The van der Waals surface area contributed by atoms with Crippen LogP contribution in [0, 0.1) is 0 Å². The van der Waals surface area contributed by atoms with Gasteiger partial charge in [0.2, 0.25) is 0 Å². The van der Waals surface area contributed by atoms with Crippen LogP contribution in [0.25, 0.3) is 0 Å². The van der Waals surface area contributed by atoms with Crippen molar-refractivity contribution in [1.29, 1.82) is 0 Å². The second-order valence-electron chi connectivity index (χ2n) is 5.97. The summed E-state index contributed by atoms with van der Waals surface area (Å²) in [5.41, 5.74) is 6.78. The second-order valence-corrected chi connectivity index (χ2v) is 5.97. The van der Waals surface area contributed by atoms with Gasteiger partial charge in [-0.25, -0.2) is 0 Å². The molecule has 1 aliphatic rings. The number of aromatic nitrogens is 2. The highest BCUT2D eigenvalue weighted by Crippen LogP contribution is 2.27. The first-order valence-corrected chi connectivity index (χ1v) is 8.03. The average molecular weight is 277 g/mol. The van der Waals surface area contributed by atoms with Crippen molar-refractivity contribution in [3.05, 3.63) is 18.0 Å². The third-order valence-corrected chi connectivity index (χ3v) is 4.25. The highest BCUT2D eigenvalue weighted by atomic mass is 16.1. The molecule has 20 heavy (non-hydrogen) atoms. The Morgan fingerprint density at radius 2 is 2.20 bits per heavy atom. The largest absolute Gasteiger partial charge is 0.321 e. The van der Waals surface area contributed by atoms with Crippen LogP contribution in [0.3, 0.4) is 0 Å². The molecule has 0 aliphatic heterocycles. The van der Waals surface area contributed by atoms with Crippen molar-refractivity contribution >= 4 is 5.78 Å². The number of nitrogens with zero attached hydrogens (tertiary/aromatic N) is 2. The van der Waals surface area contributed by atoms with Gasteiger partial charge in [-0.1, -0.05) is 39.0 Å². The van der Waals surface area contributed by atoms with Gasteiger partial charge >= 0.3 is 0 Å². The Hall–Kier alpha value is -1.16. The number of hydrogen-bond donors (Lipinski definition) is 1. The van der Waals surface area contributed by atoms with Gasteiger partial charge in [-0.15, -0.1) is 0 Å². The second kappa shape index (κ2) is 7.58. The monoisotopic (exact) mass is 277 g/mol. The predicted octanol–water partition coefficient (Wildman–Crippen LogP) is 3.02. The van der Waals surface area contributed by atoms with Crippen molar-refractivity contribution in [3.8, 4) is 0 Å². The molecule has 1 fully saturated rings. The quantitative estimate of drug-likeness (QED) is 0.833. The van der Waals surface area contributed by atoms with E-state index in [1.807, 2.05) is 12.3 Å². The lowest BCUT2D eigenvalue weighted by Gasteiger charge is -2.21. The summed E-state index contributed by atoms with van der Waals surface area (Å²) in [6, 6.07) is 2.18. The number of hydrogen-bond acceptors (Lipinski definition) is 3. The number of ketones is 1. The highest BCUT2D eigenvalue weighted by molar-refractivity contribution is 5.85. The minimum absolute atomic E-state index is 0.118. The van der Waals surface area contributed by atoms with Crippen LogP contribution < -0.4 is 5.73 Å². The molecule has 4 nitrogen and oxygen atoms in total. The summed E-state index contributed by atoms with van der Waals surface area (Å²) >= 11 is 0. The fraction of sp³-hybridized carbons (Fsp3) is 0.750. The molecule has 1 aliphatic carbocycles. The molecule has 1 aromatic rings. The van der Waals surface area contributed by atoms with Crippen LogP contribution in [0.5, 0.6) is 0 Å². The van der Waals surface area contributed by atoms with Gasteiger partial charge in [0.05, 0.1) is 24.2 Å². The van der Waals surface area contributed by atoms with Gasteiger partial charge in [-0.2, -0.15) is 5.10 Å². The molecule has 1 aromatic heterocycles. The number of carbonyl (C=O) groups excluding carboxylic acids is 1. The lowest BCUT2D eigenvalue weighted by molar-refractivity contribution is -0.119. The fourth-order valence-electron chi connectivity index (χ4n) is 2.92. The molecule has 1 saturated carbocycles. The third-order valence-electron chi connectivity index (χ3n) is 4.25. The summed E-state index contributed by atoms with van der Waals surface area (Å²) in [4.78, 5) is 12.0. The van der Waals surface area contributed by atoms with Crippen molar-refractivity contribution in [2.75, 3.05) is 0 Å². The standard InChI is InChI=1S/C16H27N3O/c1-2-3-9-15(17)16(20)12-13-10-11-19(18-13)14-7-5-4-6-8-14/h10-11,14-15H,2-9,12,17H2,1H3. The van der Waals surface area contributed by atoms with Gasteiger partial charge in [0.15, 0.2) is 5.78 Å². The number of nitrogens with two attached hydrogens (primary N) is 1. The van der Waals surface area contributed by atoms with E-state index in [1.165, 1.54) is 32.1 Å². The maximum absolute atomic E-state index is 12.0. The maximum Gasteiger partial charge on any atom is 0.155 e. The van der Waals surface area contributed by atoms with Crippen molar-refractivity contribution in [1.82, 2.24) is 9.78 Å². The van der Waals surface area contributed by atoms with Gasteiger partial charge in [0.1, 0.15) is 0 Å². The maximum atomic E-state index is 12.0. The van der Waals surface area contributed by atoms with Crippen molar-refractivity contribution in [2.24, 2.45) is 5.73 Å². The molecule has 1 heterocycles. The summed E-state index contributed by atoms with van der Waals surface area (Å²) in [5, 5.41) is 4.58. The van der Waals surface area contributed by atoms with Crippen LogP contribution in [-0.2, 0) is 11.2 Å². The van der Waals surface area contributed by atoms with Crippen molar-refractivity contribution < 1.29 is 4.79 Å². The molecule has 4 heteroatoms. The van der Waals surface area contributed by atoms with Crippen molar-refractivity contribution in [3.63, 3.8) is 0 Å². The first-order chi connectivity index (χ1) is 9.70. The van der Waals surface area contributed by atoms with E-state index >= 15 is 0 Å². The Balaban J connectivity index is 1.87. The fourth-order valence-corrected chi connectivity index (χ4v) is 2.92. The molecule has 0 aromatic carbocycles. The summed E-state index contributed by atoms with van der Waals surface area (Å²) < 4.78 is 2.05. The normalized spacial score (nSPS) is 18.1. The topological polar surface area (TPSA) is 60.9 Å². The van der Waals surface area contributed by atoms with Gasteiger partial charge in [-0.05, 0) is 25.3 Å². The number of Topliss-reactive ketones (excluding diaryl/α,β-unsaturated/α-hetero) is 1. The Bertz CT molecular complexity index is 421. The van der Waals surface area contributed by atoms with Crippen LogP contribution in [0.4, 0.5) is 0 Å². The van der Waals surface area contributed by atoms with Crippen LogP contribution in [-0.4, -0.2) is 21.6 Å². The zero-order valence-corrected chi connectivity index (χ0v) is 12.6. The van der Waals surface area contributed by atoms with E-state index in [0.29, 0.717) is 12.5 Å². The van der Waals surface area contributed by atoms with Crippen LogP contribution in [0.1, 0.15) is 70.0 Å². The Labute approximate surface area is 121 Å². The number of rotatable bonds is 7.